The van der Waals surface area contributed by atoms with E-state index in [1.807, 2.05) is 0 Å². The third kappa shape index (κ3) is 3.60. The molecule has 0 aliphatic heterocycles. The third-order valence-corrected chi connectivity index (χ3v) is 5.50. The van der Waals surface area contributed by atoms with E-state index in [2.05, 4.69) is 36.7 Å². The highest BCUT2D eigenvalue weighted by molar-refractivity contribution is 9.10. The zero-order valence-corrected chi connectivity index (χ0v) is 16.0. The smallest absolute Gasteiger partial charge is 0.364 e. The van der Waals surface area contributed by atoms with E-state index in [9.17, 15) is 13.4 Å². The van der Waals surface area contributed by atoms with Gasteiger partial charge < -0.3 is 5.32 Å². The summed E-state index contributed by atoms with van der Waals surface area (Å²) in [7, 11) is -1.03. The maximum Gasteiger partial charge on any atom is 0.446 e. The van der Waals surface area contributed by atoms with Crippen LogP contribution in [0.3, 0.4) is 0 Å². The molecular formula is C14H13BrFN5O4S. The van der Waals surface area contributed by atoms with Gasteiger partial charge in [0, 0.05) is 28.9 Å². The summed E-state index contributed by atoms with van der Waals surface area (Å²) in [5, 5.41) is 14.0. The van der Waals surface area contributed by atoms with Gasteiger partial charge in [-0.05, 0) is 51.4 Å². The lowest BCUT2D eigenvalue weighted by Crippen LogP contribution is -2.21. The second-order valence-corrected chi connectivity index (χ2v) is 8.01. The van der Waals surface area contributed by atoms with Crippen LogP contribution in [0.25, 0.3) is 17.2 Å². The molecule has 0 saturated heterocycles. The average Bonchev–Trinajstić information content (AvgIpc) is 3.21. The lowest BCUT2D eigenvalue weighted by atomic mass is 10.3. The Labute approximate surface area is 157 Å². The summed E-state index contributed by atoms with van der Waals surface area (Å²) in [4.78, 5) is 12.1. The molecule has 0 radical (unpaired) electrons. The first-order chi connectivity index (χ1) is 12.4. The Morgan fingerprint density at radius 1 is 1.38 bits per heavy atom. The Kier molecular flexibility index (Phi) is 5.32. The molecule has 26 heavy (non-hydrogen) atoms. The Morgan fingerprint density at radius 2 is 2.15 bits per heavy atom. The predicted molar refractivity (Wildman–Crippen MR) is 95.1 cm³/mol. The lowest BCUT2D eigenvalue weighted by Gasteiger charge is -2.09. The number of hydrogen-bond donors (Lipinski definition) is 1. The van der Waals surface area contributed by atoms with Crippen molar-refractivity contribution in [2.75, 3.05) is 18.1 Å². The van der Waals surface area contributed by atoms with Crippen molar-refractivity contribution in [1.82, 2.24) is 20.0 Å². The van der Waals surface area contributed by atoms with Crippen molar-refractivity contribution in [2.45, 2.75) is 12.2 Å². The Balaban J connectivity index is 1.99. The molecule has 1 N–H and O–H groups in total. The van der Waals surface area contributed by atoms with Gasteiger partial charge in [0.15, 0.2) is 5.69 Å². The molecule has 9 nitrogen and oxygen atoms in total. The number of hydrogen-bond acceptors (Lipinski definition) is 8. The molecule has 0 aliphatic rings. The van der Waals surface area contributed by atoms with E-state index in [1.54, 1.807) is 13.2 Å². The first kappa shape index (κ1) is 18.5. The highest BCUT2D eigenvalue weighted by Gasteiger charge is 2.23. The van der Waals surface area contributed by atoms with Crippen molar-refractivity contribution in [3.63, 3.8) is 0 Å². The first-order valence-corrected chi connectivity index (χ1v) is 9.73. The normalized spacial score (nSPS) is 13.5. The number of nitrogens with one attached hydrogen (secondary N) is 1. The monoisotopic (exact) mass is 445 g/mol. The number of benzene rings is 1. The van der Waals surface area contributed by atoms with Crippen LogP contribution < -0.4 is 11.1 Å². The molecule has 3 aromatic rings. The zero-order chi connectivity index (χ0) is 18.8. The summed E-state index contributed by atoms with van der Waals surface area (Å²) in [6.07, 6.45) is 1.59. The number of rotatable bonds is 6. The van der Waals surface area contributed by atoms with Crippen LogP contribution in [0.2, 0.25) is 0 Å². The standard InChI is InChI=1S/C14H13BrFN5O4S/c1-7(26(2)23)6-17-12-11(18-25-19-12)13-20-24-14(22)21(13)8-3-4-10(16)9(15)5-8/h3-5,7H,6H2,1-2H3,(H,17,19). The van der Waals surface area contributed by atoms with E-state index in [0.29, 0.717) is 12.2 Å². The molecule has 0 aliphatic carbocycles. The molecule has 12 heteroatoms. The topological polar surface area (TPSA) is 116 Å². The SMILES string of the molecule is CC(CNc1nonc1-c1noc(=O)n1-c1ccc(F)c(Br)c1)S(C)=O. The number of anilines is 1. The van der Waals surface area contributed by atoms with E-state index in [0.717, 1.165) is 4.57 Å². The Bertz CT molecular complexity index is 1020. The number of halogens is 2. The van der Waals surface area contributed by atoms with Crippen LogP contribution in [0.4, 0.5) is 10.2 Å². The molecule has 0 saturated carbocycles. The minimum absolute atomic E-state index is 0.0301. The average molecular weight is 446 g/mol. The summed E-state index contributed by atoms with van der Waals surface area (Å²) >= 11 is 3.07. The van der Waals surface area contributed by atoms with Gasteiger partial charge in [0.25, 0.3) is 0 Å². The molecule has 0 spiro atoms. The van der Waals surface area contributed by atoms with Crippen LogP contribution in [0.5, 0.6) is 0 Å². The fourth-order valence-electron chi connectivity index (χ4n) is 2.06. The quantitative estimate of drug-likeness (QED) is 0.611. The molecule has 2 heterocycles. The van der Waals surface area contributed by atoms with E-state index in [-0.39, 0.29) is 27.1 Å². The molecule has 2 aromatic heterocycles. The first-order valence-electron chi connectivity index (χ1n) is 7.31. The molecule has 0 amide bonds. The van der Waals surface area contributed by atoms with Gasteiger partial charge in [-0.1, -0.05) is 5.16 Å². The van der Waals surface area contributed by atoms with E-state index < -0.39 is 22.4 Å². The van der Waals surface area contributed by atoms with Gasteiger partial charge in [-0.3, -0.25) is 8.73 Å². The summed E-state index contributed by atoms with van der Waals surface area (Å²) in [6, 6.07) is 3.99. The maximum atomic E-state index is 13.5. The summed E-state index contributed by atoms with van der Waals surface area (Å²) < 4.78 is 35.7. The molecule has 0 fully saturated rings. The van der Waals surface area contributed by atoms with Gasteiger partial charge in [0.2, 0.25) is 11.6 Å². The largest absolute Gasteiger partial charge is 0.446 e. The van der Waals surface area contributed by atoms with Gasteiger partial charge in [0.1, 0.15) is 5.82 Å². The third-order valence-electron chi connectivity index (χ3n) is 3.59. The molecule has 3 rings (SSSR count). The van der Waals surface area contributed by atoms with Crippen molar-refractivity contribution in [3.05, 3.63) is 39.0 Å². The summed E-state index contributed by atoms with van der Waals surface area (Å²) in [5.74, 6) is -1.02. The fraction of sp³-hybridized carbons (Fsp3) is 0.286. The van der Waals surface area contributed by atoms with Crippen molar-refractivity contribution in [2.24, 2.45) is 0 Å². The highest BCUT2D eigenvalue weighted by Crippen LogP contribution is 2.26. The Hall–Kier alpha value is -2.34. The van der Waals surface area contributed by atoms with Crippen LogP contribution in [-0.2, 0) is 10.8 Å². The molecule has 138 valence electrons. The lowest BCUT2D eigenvalue weighted by molar-refractivity contribution is 0.309. The van der Waals surface area contributed by atoms with Crippen LogP contribution in [0.1, 0.15) is 6.92 Å². The van der Waals surface area contributed by atoms with E-state index in [4.69, 9.17) is 9.15 Å². The minimum Gasteiger partial charge on any atom is -0.364 e. The number of aromatic nitrogens is 4. The summed E-state index contributed by atoms with van der Waals surface area (Å²) in [6.45, 7) is 2.15. The van der Waals surface area contributed by atoms with Gasteiger partial charge in [0.05, 0.1) is 10.2 Å². The van der Waals surface area contributed by atoms with Crippen molar-refractivity contribution in [1.29, 1.82) is 0 Å². The van der Waals surface area contributed by atoms with Crippen molar-refractivity contribution in [3.8, 4) is 17.2 Å². The van der Waals surface area contributed by atoms with Crippen LogP contribution in [-0.4, -0.2) is 42.3 Å². The van der Waals surface area contributed by atoms with E-state index in [1.165, 1.54) is 18.2 Å². The fourth-order valence-corrected chi connectivity index (χ4v) is 2.75. The molecule has 2 unspecified atom stereocenters. The van der Waals surface area contributed by atoms with Crippen LogP contribution in [0, 0.1) is 5.82 Å². The molecule has 0 bridgehead atoms. The Morgan fingerprint density at radius 3 is 2.85 bits per heavy atom. The minimum atomic E-state index is -1.03. The van der Waals surface area contributed by atoms with Crippen molar-refractivity contribution >= 4 is 32.5 Å². The molecule has 1 aromatic carbocycles. The molecular weight excluding hydrogens is 433 g/mol. The van der Waals surface area contributed by atoms with Crippen LogP contribution in [0.15, 0.2) is 36.6 Å². The zero-order valence-electron chi connectivity index (χ0n) is 13.6. The number of nitrogens with zero attached hydrogens (tertiary/aromatic N) is 4. The van der Waals surface area contributed by atoms with Gasteiger partial charge in [-0.25, -0.2) is 18.4 Å². The van der Waals surface area contributed by atoms with Gasteiger partial charge >= 0.3 is 5.76 Å². The predicted octanol–water partition coefficient (Wildman–Crippen LogP) is 1.96. The highest BCUT2D eigenvalue weighted by atomic mass is 79.9. The van der Waals surface area contributed by atoms with E-state index >= 15 is 0 Å². The van der Waals surface area contributed by atoms with Crippen LogP contribution >= 0.6 is 15.9 Å². The molecule has 2 atom stereocenters. The maximum absolute atomic E-state index is 13.5. The second kappa shape index (κ2) is 7.50. The second-order valence-electron chi connectivity index (χ2n) is 5.36. The van der Waals surface area contributed by atoms with Gasteiger partial charge in [-0.15, -0.1) is 0 Å². The summed E-state index contributed by atoms with van der Waals surface area (Å²) in [5.41, 5.74) is 0.446. The van der Waals surface area contributed by atoms with Gasteiger partial charge in [-0.2, -0.15) is 0 Å². The van der Waals surface area contributed by atoms with Crippen molar-refractivity contribution < 1.29 is 17.8 Å².